The molecule has 0 aromatic carbocycles. The molecule has 1 aliphatic rings. The van der Waals surface area contributed by atoms with E-state index in [0.717, 1.165) is 19.6 Å². The first-order valence-corrected chi connectivity index (χ1v) is 7.15. The van der Waals surface area contributed by atoms with E-state index in [1.807, 2.05) is 0 Å². The average molecular weight is 254 g/mol. The summed E-state index contributed by atoms with van der Waals surface area (Å²) >= 11 is 1.59. The predicted molar refractivity (Wildman–Crippen MR) is 70.5 cm³/mol. The lowest BCUT2D eigenvalue weighted by molar-refractivity contribution is 0.100. The molecule has 0 aliphatic carbocycles. The van der Waals surface area contributed by atoms with Gasteiger partial charge in [0.2, 0.25) is 0 Å². The van der Waals surface area contributed by atoms with Gasteiger partial charge in [-0.25, -0.2) is 0 Å². The van der Waals surface area contributed by atoms with Gasteiger partial charge in [-0.2, -0.15) is 0 Å². The van der Waals surface area contributed by atoms with Crippen LogP contribution in [-0.2, 0) is 16.7 Å². The molecule has 1 fully saturated rings. The van der Waals surface area contributed by atoms with Gasteiger partial charge in [-0.05, 0) is 24.7 Å². The molecular weight excluding hydrogens is 232 g/mol. The number of hydrogen-bond donors (Lipinski definition) is 1. The minimum Gasteiger partial charge on any atom is -0.378 e. The molecule has 0 saturated carbocycles. The number of aryl methyl sites for hydroxylation is 1. The van der Waals surface area contributed by atoms with Crippen molar-refractivity contribution in [1.29, 1.82) is 5.41 Å². The van der Waals surface area contributed by atoms with Crippen molar-refractivity contribution in [3.05, 3.63) is 15.9 Å². The molecule has 0 bridgehead atoms. The van der Waals surface area contributed by atoms with Crippen molar-refractivity contribution in [2.24, 2.45) is 0 Å². The van der Waals surface area contributed by atoms with Crippen molar-refractivity contribution in [2.45, 2.75) is 58.1 Å². The van der Waals surface area contributed by atoms with Gasteiger partial charge >= 0.3 is 0 Å². The molecule has 1 aliphatic heterocycles. The standard InChI is InChI=1S/C13H22N2OS/c1-13(2,3)11-9-15(12(14)17-11)7-6-10-5-4-8-16-10/h9-10,14H,4-8H2,1-3H3/t10-/m0/s1. The van der Waals surface area contributed by atoms with E-state index >= 15 is 0 Å². The minimum absolute atomic E-state index is 0.148. The van der Waals surface area contributed by atoms with Crippen LogP contribution in [0.3, 0.4) is 0 Å². The summed E-state index contributed by atoms with van der Waals surface area (Å²) in [6, 6.07) is 0. The maximum Gasteiger partial charge on any atom is 0.182 e. The highest BCUT2D eigenvalue weighted by atomic mass is 32.1. The smallest absolute Gasteiger partial charge is 0.182 e. The Morgan fingerprint density at radius 2 is 2.29 bits per heavy atom. The lowest BCUT2D eigenvalue weighted by atomic mass is 9.95. The summed E-state index contributed by atoms with van der Waals surface area (Å²) in [7, 11) is 0. The quantitative estimate of drug-likeness (QED) is 0.885. The largest absolute Gasteiger partial charge is 0.378 e. The van der Waals surface area contributed by atoms with Crippen LogP contribution in [0.15, 0.2) is 6.20 Å². The van der Waals surface area contributed by atoms with Crippen LogP contribution in [0.25, 0.3) is 0 Å². The lowest BCUT2D eigenvalue weighted by Crippen LogP contribution is -2.16. The van der Waals surface area contributed by atoms with Crippen LogP contribution in [0.5, 0.6) is 0 Å². The van der Waals surface area contributed by atoms with Gasteiger partial charge in [-0.3, -0.25) is 5.41 Å². The molecule has 4 heteroatoms. The van der Waals surface area contributed by atoms with Crippen molar-refractivity contribution in [3.8, 4) is 0 Å². The molecule has 0 amide bonds. The fourth-order valence-corrected chi connectivity index (χ4v) is 3.01. The highest BCUT2D eigenvalue weighted by molar-refractivity contribution is 7.09. The molecular formula is C13H22N2OS. The monoisotopic (exact) mass is 254 g/mol. The number of nitrogens with one attached hydrogen (secondary N) is 1. The van der Waals surface area contributed by atoms with Gasteiger partial charge in [0.15, 0.2) is 4.80 Å². The summed E-state index contributed by atoms with van der Waals surface area (Å²) in [5.74, 6) is 0. The van der Waals surface area contributed by atoms with E-state index in [4.69, 9.17) is 10.1 Å². The Morgan fingerprint density at radius 3 is 2.82 bits per heavy atom. The third kappa shape index (κ3) is 3.19. The lowest BCUT2D eigenvalue weighted by Gasteiger charge is -2.14. The summed E-state index contributed by atoms with van der Waals surface area (Å²) in [4.78, 5) is 1.95. The van der Waals surface area contributed by atoms with Crippen molar-refractivity contribution in [3.63, 3.8) is 0 Å². The average Bonchev–Trinajstić information content (AvgIpc) is 2.83. The first-order valence-electron chi connectivity index (χ1n) is 6.34. The third-order valence-corrected chi connectivity index (χ3v) is 4.56. The van der Waals surface area contributed by atoms with E-state index in [9.17, 15) is 0 Å². The van der Waals surface area contributed by atoms with E-state index < -0.39 is 0 Å². The fourth-order valence-electron chi connectivity index (χ4n) is 2.06. The summed E-state index contributed by atoms with van der Waals surface area (Å²) in [5.41, 5.74) is 0.148. The topological polar surface area (TPSA) is 38.0 Å². The van der Waals surface area contributed by atoms with Gasteiger partial charge in [0.25, 0.3) is 0 Å². The Kier molecular flexibility index (Phi) is 3.73. The zero-order chi connectivity index (χ0) is 12.5. The second kappa shape index (κ2) is 4.94. The normalized spacial score (nSPS) is 21.0. The Morgan fingerprint density at radius 1 is 1.53 bits per heavy atom. The van der Waals surface area contributed by atoms with Gasteiger partial charge in [0, 0.05) is 24.2 Å². The second-order valence-electron chi connectivity index (χ2n) is 5.77. The summed E-state index contributed by atoms with van der Waals surface area (Å²) < 4.78 is 7.68. The van der Waals surface area contributed by atoms with Crippen LogP contribution in [-0.4, -0.2) is 17.3 Å². The van der Waals surface area contributed by atoms with Crippen LogP contribution in [0.2, 0.25) is 0 Å². The highest BCUT2D eigenvalue weighted by Gasteiger charge is 2.19. The number of ether oxygens (including phenoxy) is 1. The number of hydrogen-bond acceptors (Lipinski definition) is 3. The fraction of sp³-hybridized carbons (Fsp3) is 0.769. The van der Waals surface area contributed by atoms with Crippen molar-refractivity contribution < 1.29 is 4.74 Å². The highest BCUT2D eigenvalue weighted by Crippen LogP contribution is 2.24. The SMILES string of the molecule is CC(C)(C)c1cn(CC[C@@H]2CCCO2)c(=N)s1. The Hall–Kier alpha value is -0.610. The van der Waals surface area contributed by atoms with Gasteiger partial charge in [0.1, 0.15) is 0 Å². The zero-order valence-corrected chi connectivity index (χ0v) is 11.8. The molecule has 96 valence electrons. The van der Waals surface area contributed by atoms with Crippen LogP contribution >= 0.6 is 11.3 Å². The predicted octanol–water partition coefficient (Wildman–Crippen LogP) is 2.90. The van der Waals surface area contributed by atoms with Crippen LogP contribution in [0.1, 0.15) is 44.9 Å². The van der Waals surface area contributed by atoms with Gasteiger partial charge in [-0.1, -0.05) is 20.8 Å². The molecule has 0 spiro atoms. The molecule has 0 unspecified atom stereocenters. The van der Waals surface area contributed by atoms with E-state index in [1.165, 1.54) is 17.7 Å². The molecule has 1 N–H and O–H groups in total. The van der Waals surface area contributed by atoms with E-state index in [0.29, 0.717) is 10.9 Å². The van der Waals surface area contributed by atoms with Gasteiger partial charge in [-0.15, -0.1) is 11.3 Å². The van der Waals surface area contributed by atoms with E-state index in [2.05, 4.69) is 31.5 Å². The Balaban J connectivity index is 2.01. The Labute approximate surface area is 107 Å². The first-order chi connectivity index (χ1) is 7.97. The molecule has 1 atom stereocenters. The zero-order valence-electron chi connectivity index (χ0n) is 11.0. The molecule has 2 rings (SSSR count). The maximum atomic E-state index is 7.99. The molecule has 17 heavy (non-hydrogen) atoms. The maximum absolute atomic E-state index is 7.99. The molecule has 2 heterocycles. The van der Waals surface area contributed by atoms with Gasteiger partial charge < -0.3 is 9.30 Å². The number of aromatic nitrogens is 1. The van der Waals surface area contributed by atoms with Crippen LogP contribution < -0.4 is 4.80 Å². The van der Waals surface area contributed by atoms with Crippen molar-refractivity contribution >= 4 is 11.3 Å². The summed E-state index contributed by atoms with van der Waals surface area (Å²) in [5, 5.41) is 7.99. The molecule has 1 aromatic rings. The van der Waals surface area contributed by atoms with Gasteiger partial charge in [0.05, 0.1) is 6.10 Å². The number of rotatable bonds is 3. The van der Waals surface area contributed by atoms with Crippen LogP contribution in [0.4, 0.5) is 0 Å². The van der Waals surface area contributed by atoms with Crippen molar-refractivity contribution in [1.82, 2.24) is 4.57 Å². The molecule has 1 saturated heterocycles. The van der Waals surface area contributed by atoms with E-state index in [-0.39, 0.29) is 5.41 Å². The number of nitrogens with zero attached hydrogens (tertiary/aromatic N) is 1. The first kappa shape index (κ1) is 12.8. The molecule has 3 nitrogen and oxygen atoms in total. The van der Waals surface area contributed by atoms with Crippen molar-refractivity contribution in [2.75, 3.05) is 6.61 Å². The second-order valence-corrected chi connectivity index (χ2v) is 6.80. The molecule has 1 aromatic heterocycles. The Bertz CT molecular complexity index is 421. The third-order valence-electron chi connectivity index (χ3n) is 3.20. The van der Waals surface area contributed by atoms with Crippen LogP contribution in [0, 0.1) is 5.41 Å². The molecule has 0 radical (unpaired) electrons. The summed E-state index contributed by atoms with van der Waals surface area (Å²) in [6.07, 6.45) is 5.98. The number of thiazole rings is 1. The minimum atomic E-state index is 0.148. The summed E-state index contributed by atoms with van der Waals surface area (Å²) in [6.45, 7) is 8.42. The van der Waals surface area contributed by atoms with E-state index in [1.54, 1.807) is 11.3 Å².